The highest BCUT2D eigenvalue weighted by molar-refractivity contribution is 7.98. The van der Waals surface area contributed by atoms with Gasteiger partial charge >= 0.3 is 0 Å². The second-order valence-corrected chi connectivity index (χ2v) is 6.93. The molecule has 0 unspecified atom stereocenters. The average Bonchev–Trinajstić information content (AvgIpc) is 2.56. The topological polar surface area (TPSA) is 25.8 Å². The third-order valence-electron chi connectivity index (χ3n) is 3.58. The number of aryl methyl sites for hydroxylation is 2. The van der Waals surface area contributed by atoms with Crippen molar-refractivity contribution < 1.29 is 0 Å². The van der Waals surface area contributed by atoms with E-state index >= 15 is 0 Å². The molecule has 1 aromatic heterocycles. The molecule has 4 heteroatoms. The molecule has 0 spiro atoms. The molecule has 0 aliphatic rings. The van der Waals surface area contributed by atoms with Gasteiger partial charge in [-0.2, -0.15) is 0 Å². The Labute approximate surface area is 145 Å². The molecule has 0 saturated carbocycles. The monoisotopic (exact) mass is 340 g/mol. The Morgan fingerprint density at radius 1 is 0.957 bits per heavy atom. The predicted octanol–water partition coefficient (Wildman–Crippen LogP) is 5.71. The van der Waals surface area contributed by atoms with E-state index in [2.05, 4.69) is 48.3 Å². The summed E-state index contributed by atoms with van der Waals surface area (Å²) in [6.07, 6.45) is 0. The van der Waals surface area contributed by atoms with Crippen LogP contribution in [0.3, 0.4) is 0 Å². The summed E-state index contributed by atoms with van der Waals surface area (Å²) in [5.74, 6) is 0.831. The summed E-state index contributed by atoms with van der Waals surface area (Å²) in [5.41, 5.74) is 5.68. The van der Waals surface area contributed by atoms with Crippen LogP contribution in [0.1, 0.15) is 16.7 Å². The van der Waals surface area contributed by atoms with E-state index in [9.17, 15) is 0 Å². The lowest BCUT2D eigenvalue weighted by molar-refractivity contribution is 0.934. The maximum Gasteiger partial charge on any atom is 0.119 e. The largest absolute Gasteiger partial charge is 0.149 e. The number of hydrogen-bond donors (Lipinski definition) is 0. The van der Waals surface area contributed by atoms with Crippen LogP contribution >= 0.6 is 23.4 Å². The van der Waals surface area contributed by atoms with Gasteiger partial charge in [0.1, 0.15) is 5.03 Å². The first-order valence-electron chi connectivity index (χ1n) is 7.40. The Bertz CT molecular complexity index is 816. The quantitative estimate of drug-likeness (QED) is 0.569. The van der Waals surface area contributed by atoms with Crippen molar-refractivity contribution in [2.45, 2.75) is 24.6 Å². The minimum Gasteiger partial charge on any atom is -0.149 e. The molecule has 0 fully saturated rings. The van der Waals surface area contributed by atoms with Crippen LogP contribution in [0.15, 0.2) is 59.6 Å². The third-order valence-corrected chi connectivity index (χ3v) is 4.81. The number of hydrogen-bond acceptors (Lipinski definition) is 3. The first kappa shape index (κ1) is 16.0. The van der Waals surface area contributed by atoms with Gasteiger partial charge in [0.05, 0.1) is 5.69 Å². The van der Waals surface area contributed by atoms with E-state index in [-0.39, 0.29) is 0 Å². The Morgan fingerprint density at radius 3 is 2.57 bits per heavy atom. The minimum absolute atomic E-state index is 0.763. The van der Waals surface area contributed by atoms with Gasteiger partial charge in [-0.15, -0.1) is 10.2 Å². The second-order valence-electron chi connectivity index (χ2n) is 5.49. The van der Waals surface area contributed by atoms with Crippen LogP contribution in [0.25, 0.3) is 11.3 Å². The molecule has 0 radical (unpaired) electrons. The molecule has 2 nitrogen and oxygen atoms in total. The minimum atomic E-state index is 0.763. The SMILES string of the molecule is Cc1ccc(C)c(-c2ccc(SCc3cccc(Cl)c3)nn2)c1. The number of benzene rings is 2. The van der Waals surface area contributed by atoms with Crippen molar-refractivity contribution in [2.75, 3.05) is 0 Å². The van der Waals surface area contributed by atoms with E-state index in [1.54, 1.807) is 11.8 Å². The van der Waals surface area contributed by atoms with Gasteiger partial charge in [0.15, 0.2) is 0 Å². The molecule has 0 bridgehead atoms. The molecule has 0 aliphatic heterocycles. The zero-order valence-electron chi connectivity index (χ0n) is 13.1. The van der Waals surface area contributed by atoms with Gasteiger partial charge in [-0.25, -0.2) is 0 Å². The Balaban J connectivity index is 1.73. The summed E-state index contributed by atoms with van der Waals surface area (Å²) in [4.78, 5) is 0. The van der Waals surface area contributed by atoms with Crippen molar-refractivity contribution in [2.24, 2.45) is 0 Å². The molecular weight excluding hydrogens is 324 g/mol. The zero-order valence-corrected chi connectivity index (χ0v) is 14.7. The fourth-order valence-corrected chi connectivity index (χ4v) is 3.31. The van der Waals surface area contributed by atoms with Crippen molar-refractivity contribution >= 4 is 23.4 Å². The predicted molar refractivity (Wildman–Crippen MR) is 98.0 cm³/mol. The second kappa shape index (κ2) is 7.16. The van der Waals surface area contributed by atoms with Crippen LogP contribution in [0.2, 0.25) is 5.02 Å². The van der Waals surface area contributed by atoms with Crippen LogP contribution in [0, 0.1) is 13.8 Å². The highest BCUT2D eigenvalue weighted by Gasteiger charge is 2.06. The highest BCUT2D eigenvalue weighted by atomic mass is 35.5. The van der Waals surface area contributed by atoms with Crippen molar-refractivity contribution in [3.8, 4) is 11.3 Å². The molecule has 0 saturated heterocycles. The summed E-state index contributed by atoms with van der Waals surface area (Å²) >= 11 is 7.67. The number of aromatic nitrogens is 2. The summed E-state index contributed by atoms with van der Waals surface area (Å²) in [6, 6.07) is 18.3. The maximum absolute atomic E-state index is 6.01. The van der Waals surface area contributed by atoms with E-state index in [4.69, 9.17) is 11.6 Å². The fourth-order valence-electron chi connectivity index (χ4n) is 2.34. The average molecular weight is 341 g/mol. The lowest BCUT2D eigenvalue weighted by atomic mass is 10.0. The summed E-state index contributed by atoms with van der Waals surface area (Å²) in [7, 11) is 0. The summed E-state index contributed by atoms with van der Waals surface area (Å²) < 4.78 is 0. The standard InChI is InChI=1S/C19H17ClN2S/c1-13-6-7-14(2)17(10-13)18-8-9-19(22-21-18)23-12-15-4-3-5-16(20)11-15/h3-11H,12H2,1-2H3. The van der Waals surface area contributed by atoms with E-state index in [0.717, 1.165) is 27.1 Å². The Hall–Kier alpha value is -1.84. The highest BCUT2D eigenvalue weighted by Crippen LogP contribution is 2.26. The van der Waals surface area contributed by atoms with Gasteiger partial charge in [-0.1, -0.05) is 53.2 Å². The van der Waals surface area contributed by atoms with E-state index < -0.39 is 0 Å². The smallest absolute Gasteiger partial charge is 0.119 e. The third kappa shape index (κ3) is 4.12. The maximum atomic E-state index is 6.01. The molecule has 0 atom stereocenters. The molecule has 0 aliphatic carbocycles. The van der Waals surface area contributed by atoms with Crippen molar-refractivity contribution in [1.29, 1.82) is 0 Å². The summed E-state index contributed by atoms with van der Waals surface area (Å²) in [6.45, 7) is 4.18. The lowest BCUT2D eigenvalue weighted by Crippen LogP contribution is -1.92. The molecule has 3 rings (SSSR count). The summed E-state index contributed by atoms with van der Waals surface area (Å²) in [5, 5.41) is 10.4. The molecule has 0 amide bonds. The Morgan fingerprint density at radius 2 is 1.83 bits per heavy atom. The van der Waals surface area contributed by atoms with Crippen LogP contribution in [0.5, 0.6) is 0 Å². The van der Waals surface area contributed by atoms with Gasteiger partial charge in [-0.3, -0.25) is 0 Å². The lowest BCUT2D eigenvalue weighted by Gasteiger charge is -2.07. The molecule has 0 N–H and O–H groups in total. The van der Waals surface area contributed by atoms with Crippen LogP contribution < -0.4 is 0 Å². The number of rotatable bonds is 4. The number of thioether (sulfide) groups is 1. The molecular formula is C19H17ClN2S. The van der Waals surface area contributed by atoms with Crippen molar-refractivity contribution in [3.05, 3.63) is 76.3 Å². The van der Waals surface area contributed by atoms with Gasteiger partial charge in [0.25, 0.3) is 0 Å². The van der Waals surface area contributed by atoms with Gasteiger partial charge in [0.2, 0.25) is 0 Å². The van der Waals surface area contributed by atoms with E-state index in [1.165, 1.54) is 16.7 Å². The van der Waals surface area contributed by atoms with Crippen molar-refractivity contribution in [3.63, 3.8) is 0 Å². The van der Waals surface area contributed by atoms with E-state index in [1.807, 2.05) is 30.3 Å². The molecule has 1 heterocycles. The normalized spacial score (nSPS) is 10.7. The fraction of sp³-hybridized carbons (Fsp3) is 0.158. The zero-order chi connectivity index (χ0) is 16.2. The molecule has 116 valence electrons. The number of nitrogens with zero attached hydrogens (tertiary/aromatic N) is 2. The van der Waals surface area contributed by atoms with Gasteiger partial charge in [-0.05, 0) is 55.3 Å². The van der Waals surface area contributed by atoms with Crippen LogP contribution in [-0.2, 0) is 5.75 Å². The molecule has 2 aromatic carbocycles. The first-order chi connectivity index (χ1) is 11.1. The molecule has 23 heavy (non-hydrogen) atoms. The Kier molecular flexibility index (Phi) is 4.99. The van der Waals surface area contributed by atoms with Gasteiger partial charge in [0, 0.05) is 16.3 Å². The first-order valence-corrected chi connectivity index (χ1v) is 8.77. The molecule has 3 aromatic rings. The van der Waals surface area contributed by atoms with Gasteiger partial charge < -0.3 is 0 Å². The van der Waals surface area contributed by atoms with Crippen molar-refractivity contribution in [1.82, 2.24) is 10.2 Å². The van der Waals surface area contributed by atoms with Crippen LogP contribution in [-0.4, -0.2) is 10.2 Å². The number of halogens is 1. The van der Waals surface area contributed by atoms with Crippen LogP contribution in [0.4, 0.5) is 0 Å². The van der Waals surface area contributed by atoms with E-state index in [0.29, 0.717) is 0 Å².